The van der Waals surface area contributed by atoms with Crippen LogP contribution in [0.15, 0.2) is 10.6 Å². The van der Waals surface area contributed by atoms with Crippen LogP contribution in [0.25, 0.3) is 0 Å². The van der Waals surface area contributed by atoms with E-state index in [-0.39, 0.29) is 17.7 Å². The summed E-state index contributed by atoms with van der Waals surface area (Å²) in [7, 11) is 0. The van der Waals surface area contributed by atoms with Crippen LogP contribution in [0.3, 0.4) is 0 Å². The fraction of sp³-hybridized carbons (Fsp3) is 0.643. The molecule has 0 aromatic carbocycles. The molecule has 2 atom stereocenters. The Kier molecular flexibility index (Phi) is 5.32. The zero-order valence-electron chi connectivity index (χ0n) is 12.1. The highest BCUT2D eigenvalue weighted by Crippen LogP contribution is 2.31. The van der Waals surface area contributed by atoms with Gasteiger partial charge in [-0.3, -0.25) is 9.59 Å². The number of aliphatic carboxylic acids is 1. The number of carboxylic acid groups (broad SMARTS) is 1. The Hall–Kier alpha value is -1.89. The lowest BCUT2D eigenvalue weighted by Gasteiger charge is -2.16. The van der Waals surface area contributed by atoms with Crippen molar-refractivity contribution in [3.63, 3.8) is 0 Å². The summed E-state index contributed by atoms with van der Waals surface area (Å²) in [5.41, 5.74) is 0. The summed E-state index contributed by atoms with van der Waals surface area (Å²) in [6.45, 7) is 2.92. The van der Waals surface area contributed by atoms with Crippen LogP contribution in [0, 0.1) is 18.8 Å². The van der Waals surface area contributed by atoms with Crippen LogP contribution in [0.5, 0.6) is 0 Å². The molecule has 1 aliphatic carbocycles. The number of aromatic nitrogens is 1. The Morgan fingerprint density at radius 2 is 2.29 bits per heavy atom. The van der Waals surface area contributed by atoms with Crippen LogP contribution in [0.2, 0.25) is 0 Å². The molecule has 1 aromatic rings. The van der Waals surface area contributed by atoms with Gasteiger partial charge < -0.3 is 20.3 Å². The predicted molar refractivity (Wildman–Crippen MR) is 75.8 cm³/mol. The molecule has 1 saturated carbocycles. The molecule has 21 heavy (non-hydrogen) atoms. The molecule has 1 heterocycles. The standard InChI is InChI=1S/C14H21N3O4/c1-9-7-12(17-21-9)16-13(18)5-6-15-8-10-3-2-4-11(10)14(19)20/h7,10-11,15H,2-6,8H2,1H3,(H,19,20)(H,16,17,18). The van der Waals surface area contributed by atoms with Gasteiger partial charge in [-0.2, -0.15) is 0 Å². The number of aryl methyl sites for hydroxylation is 1. The molecule has 0 radical (unpaired) electrons. The highest BCUT2D eigenvalue weighted by molar-refractivity contribution is 5.89. The number of carbonyl (C=O) groups excluding carboxylic acids is 1. The first kappa shape index (κ1) is 15.5. The van der Waals surface area contributed by atoms with Crippen molar-refractivity contribution in [3.8, 4) is 0 Å². The van der Waals surface area contributed by atoms with Gasteiger partial charge >= 0.3 is 5.97 Å². The maximum absolute atomic E-state index is 11.7. The third-order valence-corrected chi connectivity index (χ3v) is 3.81. The molecule has 1 fully saturated rings. The SMILES string of the molecule is Cc1cc(NC(=O)CCNCC2CCCC2C(=O)O)no1. The fourth-order valence-corrected chi connectivity index (χ4v) is 2.73. The van der Waals surface area contributed by atoms with Gasteiger partial charge in [0.05, 0.1) is 5.92 Å². The Labute approximate surface area is 123 Å². The Morgan fingerprint density at radius 3 is 2.95 bits per heavy atom. The van der Waals surface area contributed by atoms with Gasteiger partial charge in [0.25, 0.3) is 0 Å². The van der Waals surface area contributed by atoms with Crippen molar-refractivity contribution in [2.45, 2.75) is 32.6 Å². The highest BCUT2D eigenvalue weighted by Gasteiger charge is 2.32. The zero-order chi connectivity index (χ0) is 15.2. The molecule has 7 heteroatoms. The zero-order valence-corrected chi connectivity index (χ0v) is 12.1. The van der Waals surface area contributed by atoms with E-state index in [9.17, 15) is 9.59 Å². The van der Waals surface area contributed by atoms with Crippen LogP contribution >= 0.6 is 0 Å². The largest absolute Gasteiger partial charge is 0.481 e. The maximum Gasteiger partial charge on any atom is 0.306 e. The molecule has 2 rings (SSSR count). The minimum Gasteiger partial charge on any atom is -0.481 e. The average Bonchev–Trinajstić information content (AvgIpc) is 3.04. The molecule has 3 N–H and O–H groups in total. The fourth-order valence-electron chi connectivity index (χ4n) is 2.73. The lowest BCUT2D eigenvalue weighted by atomic mass is 9.96. The molecule has 116 valence electrons. The smallest absolute Gasteiger partial charge is 0.306 e. The summed E-state index contributed by atoms with van der Waals surface area (Å²) in [6.07, 6.45) is 2.98. The number of nitrogens with zero attached hydrogens (tertiary/aromatic N) is 1. The minimum absolute atomic E-state index is 0.142. The van der Waals surface area contributed by atoms with Gasteiger partial charge in [-0.05, 0) is 32.2 Å². The first-order valence-corrected chi connectivity index (χ1v) is 7.23. The second kappa shape index (κ2) is 7.21. The number of carbonyl (C=O) groups is 2. The van der Waals surface area contributed by atoms with Crippen molar-refractivity contribution < 1.29 is 19.2 Å². The number of hydrogen-bond donors (Lipinski definition) is 3. The average molecular weight is 295 g/mol. The second-order valence-corrected chi connectivity index (χ2v) is 5.46. The van der Waals surface area contributed by atoms with Crippen LogP contribution in [-0.2, 0) is 9.59 Å². The van der Waals surface area contributed by atoms with Crippen molar-refractivity contribution in [2.24, 2.45) is 11.8 Å². The predicted octanol–water partition coefficient (Wildman–Crippen LogP) is 1.40. The van der Waals surface area contributed by atoms with Gasteiger partial charge in [0.15, 0.2) is 5.82 Å². The number of hydrogen-bond acceptors (Lipinski definition) is 5. The molecule has 0 bridgehead atoms. The summed E-state index contributed by atoms with van der Waals surface area (Å²) in [5.74, 6) is 0.132. The normalized spacial score (nSPS) is 21.4. The Morgan fingerprint density at radius 1 is 1.48 bits per heavy atom. The number of nitrogens with one attached hydrogen (secondary N) is 2. The molecular weight excluding hydrogens is 274 g/mol. The molecule has 0 saturated heterocycles. The Bertz CT molecular complexity index is 500. The highest BCUT2D eigenvalue weighted by atomic mass is 16.5. The van der Waals surface area contributed by atoms with E-state index in [0.29, 0.717) is 31.1 Å². The van der Waals surface area contributed by atoms with Gasteiger partial charge in [-0.1, -0.05) is 11.6 Å². The summed E-state index contributed by atoms with van der Waals surface area (Å²) in [5, 5.41) is 18.6. The van der Waals surface area contributed by atoms with Crippen molar-refractivity contribution in [1.82, 2.24) is 10.5 Å². The van der Waals surface area contributed by atoms with Gasteiger partial charge in [-0.15, -0.1) is 0 Å². The van der Waals surface area contributed by atoms with E-state index < -0.39 is 5.97 Å². The van der Waals surface area contributed by atoms with E-state index in [1.165, 1.54) is 0 Å². The molecule has 7 nitrogen and oxygen atoms in total. The summed E-state index contributed by atoms with van der Waals surface area (Å²) in [6, 6.07) is 1.65. The molecule has 0 spiro atoms. The molecule has 0 aliphatic heterocycles. The van der Waals surface area contributed by atoms with Crippen molar-refractivity contribution in [3.05, 3.63) is 11.8 Å². The number of rotatable bonds is 7. The van der Waals surface area contributed by atoms with Crippen LogP contribution < -0.4 is 10.6 Å². The first-order valence-electron chi connectivity index (χ1n) is 7.23. The quantitative estimate of drug-likeness (QED) is 0.657. The lowest BCUT2D eigenvalue weighted by molar-refractivity contribution is -0.142. The van der Waals surface area contributed by atoms with Gasteiger partial charge in [-0.25, -0.2) is 0 Å². The second-order valence-electron chi connectivity index (χ2n) is 5.46. The van der Waals surface area contributed by atoms with Crippen LogP contribution in [0.1, 0.15) is 31.4 Å². The molecule has 1 aliphatic rings. The van der Waals surface area contributed by atoms with E-state index in [4.69, 9.17) is 9.63 Å². The third kappa shape index (κ3) is 4.56. The molecule has 2 unspecified atom stereocenters. The summed E-state index contributed by atoms with van der Waals surface area (Å²) in [4.78, 5) is 22.7. The van der Waals surface area contributed by atoms with Gasteiger partial charge in [0.2, 0.25) is 5.91 Å². The van der Waals surface area contributed by atoms with E-state index >= 15 is 0 Å². The van der Waals surface area contributed by atoms with Crippen molar-refractivity contribution in [2.75, 3.05) is 18.4 Å². The van der Waals surface area contributed by atoms with E-state index in [1.807, 2.05) is 0 Å². The first-order chi connectivity index (χ1) is 10.1. The number of anilines is 1. The maximum atomic E-state index is 11.7. The van der Waals surface area contributed by atoms with E-state index in [1.54, 1.807) is 13.0 Å². The number of amides is 1. The van der Waals surface area contributed by atoms with Gasteiger partial charge in [0, 0.05) is 19.0 Å². The molecule has 1 amide bonds. The molecule has 1 aromatic heterocycles. The summed E-state index contributed by atoms with van der Waals surface area (Å²) < 4.78 is 4.86. The minimum atomic E-state index is -0.710. The van der Waals surface area contributed by atoms with Crippen LogP contribution in [0.4, 0.5) is 5.82 Å². The monoisotopic (exact) mass is 295 g/mol. The Balaban J connectivity index is 1.63. The molecular formula is C14H21N3O4. The third-order valence-electron chi connectivity index (χ3n) is 3.81. The van der Waals surface area contributed by atoms with Crippen molar-refractivity contribution in [1.29, 1.82) is 0 Å². The van der Waals surface area contributed by atoms with E-state index in [2.05, 4.69) is 15.8 Å². The summed E-state index contributed by atoms with van der Waals surface area (Å²) >= 11 is 0. The van der Waals surface area contributed by atoms with Gasteiger partial charge in [0.1, 0.15) is 5.76 Å². The lowest BCUT2D eigenvalue weighted by Crippen LogP contribution is -2.31. The van der Waals surface area contributed by atoms with Crippen LogP contribution in [-0.4, -0.2) is 35.2 Å². The number of carboxylic acids is 1. The van der Waals surface area contributed by atoms with E-state index in [0.717, 1.165) is 19.3 Å². The van der Waals surface area contributed by atoms with Crippen molar-refractivity contribution >= 4 is 17.7 Å². The topological polar surface area (TPSA) is 104 Å².